The summed E-state index contributed by atoms with van der Waals surface area (Å²) in [5, 5.41) is 5.42. The van der Waals surface area contributed by atoms with Crippen LogP contribution in [0.1, 0.15) is 28.8 Å². The largest absolute Gasteiger partial charge is 0.332 e. The van der Waals surface area contributed by atoms with E-state index < -0.39 is 0 Å². The van der Waals surface area contributed by atoms with Crippen LogP contribution in [0.4, 0.5) is 0 Å². The molecule has 4 heteroatoms. The Morgan fingerprint density at radius 1 is 1.23 bits per heavy atom. The topological polar surface area (TPSA) is 32.3 Å². The SMILES string of the molecule is Cc1ccsc1CN(Cc1ccccc1)C(=O)CNC1CC1. The number of rotatable bonds is 7. The van der Waals surface area contributed by atoms with Crippen molar-refractivity contribution < 1.29 is 4.79 Å². The summed E-state index contributed by atoms with van der Waals surface area (Å²) in [7, 11) is 0. The van der Waals surface area contributed by atoms with E-state index in [0.717, 1.165) is 0 Å². The summed E-state index contributed by atoms with van der Waals surface area (Å²) in [6.07, 6.45) is 2.41. The van der Waals surface area contributed by atoms with Crippen molar-refractivity contribution in [1.82, 2.24) is 10.2 Å². The van der Waals surface area contributed by atoms with E-state index in [1.807, 2.05) is 23.1 Å². The lowest BCUT2D eigenvalue weighted by Gasteiger charge is -2.23. The molecule has 1 aromatic carbocycles. The van der Waals surface area contributed by atoms with Gasteiger partial charge >= 0.3 is 0 Å². The van der Waals surface area contributed by atoms with Crippen LogP contribution in [0.3, 0.4) is 0 Å². The van der Waals surface area contributed by atoms with E-state index in [1.54, 1.807) is 11.3 Å². The van der Waals surface area contributed by atoms with Crippen LogP contribution in [0.2, 0.25) is 0 Å². The number of hydrogen-bond acceptors (Lipinski definition) is 3. The Morgan fingerprint density at radius 2 is 2.00 bits per heavy atom. The molecule has 3 nitrogen and oxygen atoms in total. The minimum absolute atomic E-state index is 0.184. The van der Waals surface area contributed by atoms with Crippen LogP contribution in [0.25, 0.3) is 0 Å². The molecule has 1 aliphatic carbocycles. The van der Waals surface area contributed by atoms with Crippen LogP contribution in [-0.4, -0.2) is 23.4 Å². The molecule has 2 aromatic rings. The third-order valence-corrected chi connectivity index (χ3v) is 5.00. The van der Waals surface area contributed by atoms with E-state index in [1.165, 1.54) is 28.8 Å². The van der Waals surface area contributed by atoms with Crippen LogP contribution < -0.4 is 5.32 Å². The molecule has 0 saturated heterocycles. The molecule has 1 heterocycles. The van der Waals surface area contributed by atoms with Gasteiger partial charge in [-0.15, -0.1) is 11.3 Å². The van der Waals surface area contributed by atoms with Crippen molar-refractivity contribution >= 4 is 17.2 Å². The molecular weight excluding hydrogens is 292 g/mol. The second-order valence-electron chi connectivity index (χ2n) is 5.92. The number of nitrogens with zero attached hydrogens (tertiary/aromatic N) is 1. The molecule has 0 aliphatic heterocycles. The summed E-state index contributed by atoms with van der Waals surface area (Å²) in [4.78, 5) is 15.8. The molecule has 1 fully saturated rings. The van der Waals surface area contributed by atoms with Crippen molar-refractivity contribution in [1.29, 1.82) is 0 Å². The third-order valence-electron chi connectivity index (χ3n) is 3.99. The van der Waals surface area contributed by atoms with Gasteiger partial charge in [-0.1, -0.05) is 30.3 Å². The number of hydrogen-bond donors (Lipinski definition) is 1. The molecule has 1 saturated carbocycles. The zero-order chi connectivity index (χ0) is 15.4. The smallest absolute Gasteiger partial charge is 0.237 e. The fraction of sp³-hybridized carbons (Fsp3) is 0.389. The Morgan fingerprint density at radius 3 is 2.64 bits per heavy atom. The summed E-state index contributed by atoms with van der Waals surface area (Å²) in [6.45, 7) is 3.92. The Balaban J connectivity index is 1.68. The molecule has 1 aromatic heterocycles. The average Bonchev–Trinajstić information content (AvgIpc) is 3.28. The monoisotopic (exact) mass is 314 g/mol. The molecule has 0 radical (unpaired) electrons. The first-order valence-electron chi connectivity index (χ1n) is 7.80. The van der Waals surface area contributed by atoms with Crippen LogP contribution in [-0.2, 0) is 17.9 Å². The first-order valence-corrected chi connectivity index (χ1v) is 8.68. The highest BCUT2D eigenvalue weighted by atomic mass is 32.1. The van der Waals surface area contributed by atoms with Gasteiger partial charge < -0.3 is 10.2 Å². The molecule has 1 aliphatic rings. The van der Waals surface area contributed by atoms with Gasteiger partial charge in [-0.25, -0.2) is 0 Å². The standard InChI is InChI=1S/C18H22N2OS/c1-14-9-10-22-17(14)13-20(12-15-5-3-2-4-6-15)18(21)11-19-16-7-8-16/h2-6,9-10,16,19H,7-8,11-13H2,1H3. The quantitative estimate of drug-likeness (QED) is 0.850. The van der Waals surface area contributed by atoms with Crippen molar-refractivity contribution in [3.05, 3.63) is 57.8 Å². The zero-order valence-corrected chi connectivity index (χ0v) is 13.7. The lowest BCUT2D eigenvalue weighted by atomic mass is 10.2. The van der Waals surface area contributed by atoms with Gasteiger partial charge in [0.2, 0.25) is 5.91 Å². The van der Waals surface area contributed by atoms with Gasteiger partial charge in [-0.2, -0.15) is 0 Å². The Kier molecular flexibility index (Phi) is 4.90. The van der Waals surface area contributed by atoms with Crippen molar-refractivity contribution in [3.8, 4) is 0 Å². The predicted octanol–water partition coefficient (Wildman–Crippen LogP) is 3.34. The molecule has 0 spiro atoms. The second-order valence-corrected chi connectivity index (χ2v) is 6.92. The maximum absolute atomic E-state index is 12.6. The Labute approximate surface area is 136 Å². The highest BCUT2D eigenvalue weighted by Crippen LogP contribution is 2.20. The maximum Gasteiger partial charge on any atom is 0.237 e. The van der Waals surface area contributed by atoms with Crippen LogP contribution in [0.15, 0.2) is 41.8 Å². The fourth-order valence-electron chi connectivity index (χ4n) is 2.41. The van der Waals surface area contributed by atoms with Gasteiger partial charge in [0.1, 0.15) is 0 Å². The summed E-state index contributed by atoms with van der Waals surface area (Å²) in [5.74, 6) is 0.184. The van der Waals surface area contributed by atoms with Gasteiger partial charge in [0.15, 0.2) is 0 Å². The van der Waals surface area contributed by atoms with E-state index >= 15 is 0 Å². The van der Waals surface area contributed by atoms with E-state index in [2.05, 4.69) is 35.8 Å². The predicted molar refractivity (Wildman–Crippen MR) is 90.8 cm³/mol. The molecule has 3 rings (SSSR count). The molecule has 1 N–H and O–H groups in total. The summed E-state index contributed by atoms with van der Waals surface area (Å²) >= 11 is 1.73. The van der Waals surface area contributed by atoms with E-state index in [9.17, 15) is 4.79 Å². The van der Waals surface area contributed by atoms with Crippen LogP contribution in [0.5, 0.6) is 0 Å². The normalized spacial score (nSPS) is 14.0. The number of nitrogens with one attached hydrogen (secondary N) is 1. The Hall–Kier alpha value is -1.65. The minimum atomic E-state index is 0.184. The average molecular weight is 314 g/mol. The van der Waals surface area contributed by atoms with Gasteiger partial charge in [0.25, 0.3) is 0 Å². The molecule has 0 atom stereocenters. The zero-order valence-electron chi connectivity index (χ0n) is 12.9. The number of carbonyl (C=O) groups is 1. The third kappa shape index (κ3) is 4.18. The first-order chi connectivity index (χ1) is 10.7. The number of aryl methyl sites for hydroxylation is 1. The summed E-state index contributed by atoms with van der Waals surface area (Å²) in [5.41, 5.74) is 2.45. The van der Waals surface area contributed by atoms with Gasteiger partial charge in [-0.3, -0.25) is 4.79 Å². The molecule has 1 amide bonds. The Bertz CT molecular complexity index is 619. The molecule has 0 unspecified atom stereocenters. The fourth-order valence-corrected chi connectivity index (χ4v) is 3.33. The molecular formula is C18H22N2OS. The summed E-state index contributed by atoms with van der Waals surface area (Å²) in [6, 6.07) is 12.9. The lowest BCUT2D eigenvalue weighted by molar-refractivity contribution is -0.131. The first kappa shape index (κ1) is 15.3. The van der Waals surface area contributed by atoms with E-state index in [4.69, 9.17) is 0 Å². The highest BCUT2D eigenvalue weighted by Gasteiger charge is 2.23. The number of thiophene rings is 1. The van der Waals surface area contributed by atoms with E-state index in [-0.39, 0.29) is 5.91 Å². The highest BCUT2D eigenvalue weighted by molar-refractivity contribution is 7.10. The van der Waals surface area contributed by atoms with Crippen LogP contribution >= 0.6 is 11.3 Å². The van der Waals surface area contributed by atoms with E-state index in [0.29, 0.717) is 25.7 Å². The molecule has 22 heavy (non-hydrogen) atoms. The van der Waals surface area contributed by atoms with Crippen molar-refractivity contribution in [2.24, 2.45) is 0 Å². The number of carbonyl (C=O) groups excluding carboxylic acids is 1. The van der Waals surface area contributed by atoms with Gasteiger partial charge in [0.05, 0.1) is 13.1 Å². The van der Waals surface area contributed by atoms with Crippen molar-refractivity contribution in [3.63, 3.8) is 0 Å². The lowest BCUT2D eigenvalue weighted by Crippen LogP contribution is -2.38. The number of amides is 1. The van der Waals surface area contributed by atoms with Crippen molar-refractivity contribution in [2.45, 2.75) is 38.9 Å². The minimum Gasteiger partial charge on any atom is -0.332 e. The molecule has 0 bridgehead atoms. The molecule has 116 valence electrons. The van der Waals surface area contributed by atoms with Gasteiger partial charge in [0, 0.05) is 17.5 Å². The van der Waals surface area contributed by atoms with Crippen molar-refractivity contribution in [2.75, 3.05) is 6.54 Å². The number of benzene rings is 1. The summed E-state index contributed by atoms with van der Waals surface area (Å²) < 4.78 is 0. The second kappa shape index (κ2) is 7.07. The maximum atomic E-state index is 12.6. The van der Waals surface area contributed by atoms with Gasteiger partial charge in [-0.05, 0) is 42.3 Å². The van der Waals surface area contributed by atoms with Crippen LogP contribution in [0, 0.1) is 6.92 Å².